The molecule has 1 atom stereocenters. The maximum Gasteiger partial charge on any atom is 0.223 e. The van der Waals surface area contributed by atoms with Gasteiger partial charge in [0.05, 0.1) is 6.04 Å². The van der Waals surface area contributed by atoms with Gasteiger partial charge in [-0.1, -0.05) is 0 Å². The lowest BCUT2D eigenvalue weighted by atomic mass is 10.1. The Morgan fingerprint density at radius 3 is 2.84 bits per heavy atom. The zero-order valence-electron chi connectivity index (χ0n) is 10.7. The summed E-state index contributed by atoms with van der Waals surface area (Å²) in [6.45, 7) is 0.920. The third-order valence-electron chi connectivity index (χ3n) is 3.71. The van der Waals surface area contributed by atoms with Crippen LogP contribution in [-0.4, -0.2) is 17.4 Å². The van der Waals surface area contributed by atoms with Gasteiger partial charge in [-0.2, -0.15) is 22.7 Å². The number of carbonyl (C=O) groups excluding carboxylic acids is 1. The number of nitrogens with zero attached hydrogens (tertiary/aromatic N) is 1. The fourth-order valence-corrected chi connectivity index (χ4v) is 4.12. The average molecular weight is 291 g/mol. The fourth-order valence-electron chi connectivity index (χ4n) is 2.71. The van der Waals surface area contributed by atoms with Crippen molar-refractivity contribution in [1.29, 1.82) is 0 Å². The molecule has 1 aliphatic heterocycles. The molecule has 0 aromatic carbocycles. The predicted molar refractivity (Wildman–Crippen MR) is 80.6 cm³/mol. The maximum atomic E-state index is 12.4. The van der Waals surface area contributed by atoms with E-state index in [0.29, 0.717) is 18.4 Å². The third-order valence-corrected chi connectivity index (χ3v) is 5.14. The van der Waals surface area contributed by atoms with Gasteiger partial charge in [0.2, 0.25) is 5.91 Å². The van der Waals surface area contributed by atoms with Gasteiger partial charge in [0.1, 0.15) is 0 Å². The summed E-state index contributed by atoms with van der Waals surface area (Å²) in [6.07, 6.45) is 3.75. The predicted octanol–water partition coefficient (Wildman–Crippen LogP) is 4.11. The van der Waals surface area contributed by atoms with Crippen LogP contribution in [0.1, 0.15) is 36.4 Å². The zero-order valence-corrected chi connectivity index (χ0v) is 12.4. The van der Waals surface area contributed by atoms with Crippen LogP contribution in [0.25, 0.3) is 0 Å². The molecule has 3 rings (SSSR count). The number of aryl methyl sites for hydroxylation is 1. The molecule has 1 aliphatic rings. The second-order valence-electron chi connectivity index (χ2n) is 4.93. The highest BCUT2D eigenvalue weighted by Crippen LogP contribution is 2.33. The van der Waals surface area contributed by atoms with Crippen LogP contribution in [0.3, 0.4) is 0 Å². The summed E-state index contributed by atoms with van der Waals surface area (Å²) in [6, 6.07) is 4.58. The average Bonchev–Trinajstić information content (AvgIpc) is 3.14. The lowest BCUT2D eigenvalue weighted by Crippen LogP contribution is -2.30. The largest absolute Gasteiger partial charge is 0.336 e. The van der Waals surface area contributed by atoms with Gasteiger partial charge in [0.25, 0.3) is 0 Å². The molecule has 1 amide bonds. The summed E-state index contributed by atoms with van der Waals surface area (Å²) in [4.78, 5) is 14.5. The second-order valence-corrected chi connectivity index (χ2v) is 6.49. The minimum Gasteiger partial charge on any atom is -0.336 e. The Bertz CT molecular complexity index is 518. The van der Waals surface area contributed by atoms with E-state index in [2.05, 4.69) is 38.6 Å². The highest BCUT2D eigenvalue weighted by molar-refractivity contribution is 7.08. The molecule has 1 fully saturated rings. The standard InChI is InChI=1S/C15H17NOS2/c17-15(4-3-12-5-8-18-10-12)16-7-1-2-14(16)13-6-9-19-11-13/h5-6,8-11,14H,1-4,7H2. The van der Waals surface area contributed by atoms with Gasteiger partial charge >= 0.3 is 0 Å². The van der Waals surface area contributed by atoms with Crippen molar-refractivity contribution >= 4 is 28.6 Å². The molecule has 0 bridgehead atoms. The minimum atomic E-state index is 0.305. The third kappa shape index (κ3) is 2.90. The van der Waals surface area contributed by atoms with Crippen molar-refractivity contribution in [1.82, 2.24) is 4.90 Å². The molecule has 1 unspecified atom stereocenters. The van der Waals surface area contributed by atoms with Gasteiger partial charge in [-0.15, -0.1) is 0 Å². The van der Waals surface area contributed by atoms with E-state index in [1.54, 1.807) is 22.7 Å². The summed E-state index contributed by atoms with van der Waals surface area (Å²) < 4.78 is 0. The number of rotatable bonds is 4. The van der Waals surface area contributed by atoms with Gasteiger partial charge in [-0.05, 0) is 64.0 Å². The summed E-state index contributed by atoms with van der Waals surface area (Å²) in [5, 5.41) is 8.48. The summed E-state index contributed by atoms with van der Waals surface area (Å²) >= 11 is 3.41. The molecule has 1 saturated heterocycles. The fraction of sp³-hybridized carbons (Fsp3) is 0.400. The number of hydrogen-bond donors (Lipinski definition) is 0. The molecule has 0 radical (unpaired) electrons. The van der Waals surface area contributed by atoms with E-state index >= 15 is 0 Å². The number of thiophene rings is 2. The molecule has 2 nitrogen and oxygen atoms in total. The molecule has 4 heteroatoms. The molecular weight excluding hydrogens is 274 g/mol. The van der Waals surface area contributed by atoms with Crippen LogP contribution < -0.4 is 0 Å². The molecule has 0 aliphatic carbocycles. The maximum absolute atomic E-state index is 12.4. The van der Waals surface area contributed by atoms with Crippen LogP contribution >= 0.6 is 22.7 Å². The molecule has 0 spiro atoms. The summed E-state index contributed by atoms with van der Waals surface area (Å²) in [5.41, 5.74) is 2.59. The highest BCUT2D eigenvalue weighted by Gasteiger charge is 2.29. The highest BCUT2D eigenvalue weighted by atomic mass is 32.1. The van der Waals surface area contributed by atoms with Crippen molar-refractivity contribution in [2.24, 2.45) is 0 Å². The molecule has 0 saturated carbocycles. The molecule has 2 aromatic heterocycles. The van der Waals surface area contributed by atoms with Crippen molar-refractivity contribution in [3.8, 4) is 0 Å². The molecule has 0 N–H and O–H groups in total. The smallest absolute Gasteiger partial charge is 0.223 e. The molecule has 19 heavy (non-hydrogen) atoms. The van der Waals surface area contributed by atoms with Crippen molar-refractivity contribution < 1.29 is 4.79 Å². The van der Waals surface area contributed by atoms with Crippen molar-refractivity contribution in [2.75, 3.05) is 6.54 Å². The first-order chi connectivity index (χ1) is 9.34. The molecule has 100 valence electrons. The number of carbonyl (C=O) groups is 1. The van der Waals surface area contributed by atoms with Gasteiger partial charge < -0.3 is 4.90 Å². The Morgan fingerprint density at radius 1 is 1.26 bits per heavy atom. The van der Waals surface area contributed by atoms with Crippen LogP contribution in [0, 0.1) is 0 Å². The zero-order chi connectivity index (χ0) is 13.1. The summed E-state index contributed by atoms with van der Waals surface area (Å²) in [7, 11) is 0. The lowest BCUT2D eigenvalue weighted by Gasteiger charge is -2.24. The SMILES string of the molecule is O=C(CCc1ccsc1)N1CCCC1c1ccsc1. The van der Waals surface area contributed by atoms with Crippen LogP contribution in [0.2, 0.25) is 0 Å². The second kappa shape index (κ2) is 5.88. The van der Waals surface area contributed by atoms with E-state index < -0.39 is 0 Å². The van der Waals surface area contributed by atoms with Crippen molar-refractivity contribution in [3.63, 3.8) is 0 Å². The Hall–Kier alpha value is -1.13. The van der Waals surface area contributed by atoms with Crippen LogP contribution in [0.15, 0.2) is 33.7 Å². The molecule has 3 heterocycles. The number of hydrogen-bond acceptors (Lipinski definition) is 3. The Morgan fingerprint density at radius 2 is 2.11 bits per heavy atom. The number of likely N-dealkylation sites (tertiary alicyclic amines) is 1. The first kappa shape index (κ1) is 12.9. The molecular formula is C15H17NOS2. The van der Waals surface area contributed by atoms with Crippen LogP contribution in [-0.2, 0) is 11.2 Å². The number of amides is 1. The first-order valence-electron chi connectivity index (χ1n) is 6.67. The van der Waals surface area contributed by atoms with E-state index in [1.807, 2.05) is 0 Å². The topological polar surface area (TPSA) is 20.3 Å². The van der Waals surface area contributed by atoms with E-state index in [-0.39, 0.29) is 0 Å². The summed E-state index contributed by atoms with van der Waals surface area (Å²) in [5.74, 6) is 0.305. The van der Waals surface area contributed by atoms with Gasteiger partial charge in [-0.3, -0.25) is 4.79 Å². The van der Waals surface area contributed by atoms with E-state index in [9.17, 15) is 4.79 Å². The quantitative estimate of drug-likeness (QED) is 0.830. The molecule has 2 aromatic rings. The first-order valence-corrected chi connectivity index (χ1v) is 8.56. The van der Waals surface area contributed by atoms with Gasteiger partial charge in [-0.25, -0.2) is 0 Å². The van der Waals surface area contributed by atoms with Crippen molar-refractivity contribution in [2.45, 2.75) is 31.7 Å². The Balaban J connectivity index is 1.62. The Labute approximate surface area is 121 Å². The van der Waals surface area contributed by atoms with E-state index in [4.69, 9.17) is 0 Å². The Kier molecular flexibility index (Phi) is 3.99. The van der Waals surface area contributed by atoms with E-state index in [0.717, 1.165) is 25.8 Å². The van der Waals surface area contributed by atoms with E-state index in [1.165, 1.54) is 11.1 Å². The monoisotopic (exact) mass is 291 g/mol. The van der Waals surface area contributed by atoms with Gasteiger partial charge in [0.15, 0.2) is 0 Å². The van der Waals surface area contributed by atoms with Crippen LogP contribution in [0.4, 0.5) is 0 Å². The lowest BCUT2D eigenvalue weighted by molar-refractivity contribution is -0.132. The van der Waals surface area contributed by atoms with Crippen LogP contribution in [0.5, 0.6) is 0 Å². The van der Waals surface area contributed by atoms with Crippen molar-refractivity contribution in [3.05, 3.63) is 44.8 Å². The normalized spacial score (nSPS) is 18.9. The minimum absolute atomic E-state index is 0.305. The van der Waals surface area contributed by atoms with Gasteiger partial charge in [0, 0.05) is 13.0 Å².